The fourth-order valence-corrected chi connectivity index (χ4v) is 17.3. The number of benzene rings is 4. The zero-order valence-corrected chi connectivity index (χ0v) is 32.6. The van der Waals surface area contributed by atoms with Gasteiger partial charge in [-0.1, -0.05) is 54.6 Å². The third kappa shape index (κ3) is 3.12. The van der Waals surface area contributed by atoms with Gasteiger partial charge >= 0.3 is 0 Å². The fraction of sp³-hybridized carbons (Fsp3) is 0.370. The van der Waals surface area contributed by atoms with Gasteiger partial charge in [-0.05, 0) is 163 Å². The van der Waals surface area contributed by atoms with Crippen molar-refractivity contribution in [1.82, 2.24) is 14.4 Å². The molecule has 6 saturated carbocycles. The minimum absolute atomic E-state index is 0.586. The average molecular weight is 750 g/mol. The van der Waals surface area contributed by atoms with Crippen LogP contribution in [0.2, 0.25) is 0 Å². The molecular formula is C54H43N3O. The van der Waals surface area contributed by atoms with E-state index in [0.717, 1.165) is 34.8 Å². The van der Waals surface area contributed by atoms with Crippen LogP contribution in [0.15, 0.2) is 95.7 Å². The quantitative estimate of drug-likeness (QED) is 0.177. The third-order valence-electron chi connectivity index (χ3n) is 19.3. The first-order valence-corrected chi connectivity index (χ1v) is 22.7. The summed E-state index contributed by atoms with van der Waals surface area (Å²) in [6.45, 7) is 0. The van der Waals surface area contributed by atoms with Crippen molar-refractivity contribution in [2.75, 3.05) is 0 Å². The maximum absolute atomic E-state index is 7.00. The Bertz CT molecular complexity index is 3250. The highest BCUT2D eigenvalue weighted by Gasteiger charge is 2.67. The predicted molar refractivity (Wildman–Crippen MR) is 231 cm³/mol. The van der Waals surface area contributed by atoms with Crippen molar-refractivity contribution in [2.24, 2.45) is 34.5 Å². The molecule has 0 N–H and O–H groups in total. The SMILES string of the molecule is c1ccc(-c2ccc3c(oc4ccccc43)c2-c2cc3c4c5c(ncc4n4c6cnc7c(c6c(c2)c34)C2CC3CC4CC7CC43C2)C2CC3CC4CC5CC34C2)cc1. The molecule has 280 valence electrons. The molecule has 4 aromatic carbocycles. The van der Waals surface area contributed by atoms with Crippen LogP contribution in [-0.4, -0.2) is 14.4 Å². The Kier molecular flexibility index (Phi) is 4.88. The van der Waals surface area contributed by atoms with E-state index in [9.17, 15) is 0 Å². The van der Waals surface area contributed by atoms with Gasteiger partial charge in [0, 0.05) is 61.1 Å². The molecule has 4 nitrogen and oxygen atoms in total. The lowest BCUT2D eigenvalue weighted by Gasteiger charge is -2.48. The number of pyridine rings is 2. The monoisotopic (exact) mass is 749 g/mol. The molecule has 17 rings (SSSR count). The lowest BCUT2D eigenvalue weighted by Crippen LogP contribution is -2.41. The molecule has 9 aromatic rings. The van der Waals surface area contributed by atoms with E-state index in [0.29, 0.717) is 34.5 Å². The number of rotatable bonds is 2. The highest BCUT2D eigenvalue weighted by atomic mass is 16.3. The van der Waals surface area contributed by atoms with Gasteiger partial charge < -0.3 is 8.82 Å². The lowest BCUT2D eigenvalue weighted by atomic mass is 9.56. The normalized spacial score (nSPS) is 34.3. The summed E-state index contributed by atoms with van der Waals surface area (Å²) >= 11 is 0. The van der Waals surface area contributed by atoms with Crippen LogP contribution < -0.4 is 0 Å². The van der Waals surface area contributed by atoms with Gasteiger partial charge in [-0.25, -0.2) is 0 Å². The van der Waals surface area contributed by atoms with Gasteiger partial charge in [0.15, 0.2) is 0 Å². The molecule has 5 aromatic heterocycles. The van der Waals surface area contributed by atoms with E-state index in [1.807, 2.05) is 0 Å². The number of para-hydroxylation sites is 1. The molecule has 0 aliphatic heterocycles. The van der Waals surface area contributed by atoms with Crippen molar-refractivity contribution < 1.29 is 4.42 Å². The number of furan rings is 1. The second kappa shape index (κ2) is 9.46. The molecule has 0 radical (unpaired) electrons. The van der Waals surface area contributed by atoms with Gasteiger partial charge in [0.1, 0.15) is 11.2 Å². The first-order chi connectivity index (χ1) is 28.6. The predicted octanol–water partition coefficient (Wildman–Crippen LogP) is 13.6. The Morgan fingerprint density at radius 2 is 1.10 bits per heavy atom. The van der Waals surface area contributed by atoms with Gasteiger partial charge in [-0.3, -0.25) is 9.97 Å². The van der Waals surface area contributed by atoms with Crippen molar-refractivity contribution in [3.8, 4) is 22.3 Å². The van der Waals surface area contributed by atoms with Gasteiger partial charge in [0.05, 0.1) is 28.9 Å². The zero-order valence-electron chi connectivity index (χ0n) is 32.6. The molecule has 0 amide bonds. The van der Waals surface area contributed by atoms with Crippen LogP contribution in [0.25, 0.3) is 82.3 Å². The Hall–Kier alpha value is -5.22. The standard InChI is InChI=1S/C54H43N3O/c1-2-6-26(7-3-1)36-10-11-38-37-8-4-5-9-43(37)58-52(38)44(36)27-16-39-47-41(24-55-49-30-14-34-18-32-12-28(45(47)49)20-53(32,34)22-30)57-42-25-56-50-31-15-35-19-33-13-29(21-54(33,35)23-31)46(50)48(42)40(17-27)51(39)57/h1-11,16-17,24-25,28-35H,12-15,18-23H2. The van der Waals surface area contributed by atoms with E-state index in [1.165, 1.54) is 147 Å². The van der Waals surface area contributed by atoms with Crippen LogP contribution in [0.4, 0.5) is 0 Å². The first-order valence-electron chi connectivity index (χ1n) is 22.7. The maximum Gasteiger partial charge on any atom is 0.143 e. The maximum atomic E-state index is 7.00. The number of nitrogens with zero attached hydrogens (tertiary/aromatic N) is 3. The molecule has 6 bridgehead atoms. The summed E-state index contributed by atoms with van der Waals surface area (Å²) in [6, 6.07) is 29.5. The van der Waals surface area contributed by atoms with E-state index in [2.05, 4.69) is 95.7 Å². The Labute approximate surface area is 336 Å². The van der Waals surface area contributed by atoms with Gasteiger partial charge in [0.25, 0.3) is 0 Å². The number of hydrogen-bond donors (Lipinski definition) is 0. The van der Waals surface area contributed by atoms with Crippen molar-refractivity contribution in [1.29, 1.82) is 0 Å². The molecule has 2 spiro atoms. The smallest absolute Gasteiger partial charge is 0.143 e. The zero-order chi connectivity index (χ0) is 37.0. The number of hydrogen-bond acceptors (Lipinski definition) is 3. The second-order valence-corrected chi connectivity index (χ2v) is 21.0. The minimum atomic E-state index is 0.586. The van der Waals surface area contributed by atoms with Gasteiger partial charge in [0.2, 0.25) is 0 Å². The van der Waals surface area contributed by atoms with Crippen LogP contribution in [0.5, 0.6) is 0 Å². The van der Waals surface area contributed by atoms with Gasteiger partial charge in [-0.2, -0.15) is 0 Å². The molecule has 6 fully saturated rings. The van der Waals surface area contributed by atoms with E-state index in [4.69, 9.17) is 14.4 Å². The molecule has 8 aliphatic rings. The molecule has 4 heteroatoms. The third-order valence-corrected chi connectivity index (χ3v) is 19.3. The summed E-state index contributed by atoms with van der Waals surface area (Å²) < 4.78 is 9.66. The largest absolute Gasteiger partial charge is 0.455 e. The molecule has 10 atom stereocenters. The van der Waals surface area contributed by atoms with Crippen LogP contribution in [0.1, 0.15) is 110 Å². The summed E-state index contributed by atoms with van der Waals surface area (Å²) in [5.41, 5.74) is 18.2. The van der Waals surface area contributed by atoms with Crippen molar-refractivity contribution in [2.45, 2.75) is 87.9 Å². The average Bonchev–Trinajstić information content (AvgIpc) is 4.09. The Balaban J connectivity index is 1.05. The summed E-state index contributed by atoms with van der Waals surface area (Å²) in [6.07, 6.45) is 18.4. The summed E-state index contributed by atoms with van der Waals surface area (Å²) in [5, 5.41) is 8.21. The van der Waals surface area contributed by atoms with Crippen LogP contribution in [0, 0.1) is 34.5 Å². The topological polar surface area (TPSA) is 43.3 Å². The highest BCUT2D eigenvalue weighted by Crippen LogP contribution is 2.78. The van der Waals surface area contributed by atoms with Crippen LogP contribution in [0.3, 0.4) is 0 Å². The molecular weight excluding hydrogens is 707 g/mol. The summed E-state index contributed by atoms with van der Waals surface area (Å²) in [7, 11) is 0. The van der Waals surface area contributed by atoms with Crippen molar-refractivity contribution in [3.63, 3.8) is 0 Å². The van der Waals surface area contributed by atoms with Crippen molar-refractivity contribution >= 4 is 60.0 Å². The van der Waals surface area contributed by atoms with E-state index < -0.39 is 0 Å². The summed E-state index contributed by atoms with van der Waals surface area (Å²) in [5.74, 6) is 6.13. The number of fused-ring (bicyclic) bond motifs is 21. The van der Waals surface area contributed by atoms with Crippen LogP contribution >= 0.6 is 0 Å². The van der Waals surface area contributed by atoms with Crippen LogP contribution in [-0.2, 0) is 0 Å². The Morgan fingerprint density at radius 1 is 0.534 bits per heavy atom. The molecule has 5 heterocycles. The van der Waals surface area contributed by atoms with Crippen molar-refractivity contribution in [3.05, 3.63) is 114 Å². The minimum Gasteiger partial charge on any atom is -0.455 e. The van der Waals surface area contributed by atoms with E-state index in [-0.39, 0.29) is 0 Å². The van der Waals surface area contributed by atoms with E-state index in [1.54, 1.807) is 11.1 Å². The second-order valence-electron chi connectivity index (χ2n) is 21.0. The fourth-order valence-electron chi connectivity index (χ4n) is 17.3. The molecule has 58 heavy (non-hydrogen) atoms. The molecule has 0 saturated heterocycles. The Morgan fingerprint density at radius 3 is 1.74 bits per heavy atom. The first kappa shape index (κ1) is 29.9. The highest BCUT2D eigenvalue weighted by molar-refractivity contribution is 6.27. The van der Waals surface area contributed by atoms with Gasteiger partial charge in [-0.15, -0.1) is 0 Å². The number of aromatic nitrogens is 3. The summed E-state index contributed by atoms with van der Waals surface area (Å²) in [4.78, 5) is 11.2. The molecule has 8 aliphatic carbocycles. The lowest BCUT2D eigenvalue weighted by molar-refractivity contribution is 0.00321. The van der Waals surface area contributed by atoms with E-state index >= 15 is 0 Å². The molecule has 10 unspecified atom stereocenters.